The quantitative estimate of drug-likeness (QED) is 0.847. The Morgan fingerprint density at radius 1 is 1.19 bits per heavy atom. The van der Waals surface area contributed by atoms with Crippen molar-refractivity contribution in [1.82, 2.24) is 9.55 Å². The van der Waals surface area contributed by atoms with E-state index in [1.807, 2.05) is 12.1 Å². The molecule has 0 amide bonds. The number of benzene rings is 1. The number of fused-ring (bicyclic) bond motifs is 1. The monoisotopic (exact) mass is 306 g/mol. The van der Waals surface area contributed by atoms with E-state index < -0.39 is 0 Å². The topological polar surface area (TPSA) is 39.2 Å². The standard InChI is InChI=1S/C16H22N2O2S/c1-10(11-6-4-5-7-11)18-13-9-15(20-3)14(19-2)8-12(13)17-16(18)21/h8-11H,4-7H2,1-3H3,(H,17,21). The highest BCUT2D eigenvalue weighted by Gasteiger charge is 2.25. The molecule has 1 aromatic carbocycles. The number of nitrogens with zero attached hydrogens (tertiary/aromatic N) is 1. The minimum atomic E-state index is 0.409. The number of ether oxygens (including phenoxy) is 2. The van der Waals surface area contributed by atoms with Crippen molar-refractivity contribution in [1.29, 1.82) is 0 Å². The normalized spacial score (nSPS) is 17.3. The lowest BCUT2D eigenvalue weighted by Crippen LogP contribution is -2.14. The molecule has 1 N–H and O–H groups in total. The van der Waals surface area contributed by atoms with Crippen molar-refractivity contribution < 1.29 is 9.47 Å². The van der Waals surface area contributed by atoms with Crippen LogP contribution in [0.5, 0.6) is 11.5 Å². The highest BCUT2D eigenvalue weighted by molar-refractivity contribution is 7.71. The van der Waals surface area contributed by atoms with E-state index in [0.717, 1.165) is 27.3 Å². The highest BCUT2D eigenvalue weighted by Crippen LogP contribution is 2.38. The van der Waals surface area contributed by atoms with Gasteiger partial charge in [0.1, 0.15) is 0 Å². The van der Waals surface area contributed by atoms with Crippen LogP contribution < -0.4 is 9.47 Å². The molecule has 0 spiro atoms. The maximum absolute atomic E-state index is 5.55. The third-order valence-corrected chi connectivity index (χ3v) is 5.01. The second-order valence-corrected chi connectivity index (χ2v) is 6.20. The Balaban J connectivity index is 2.13. The lowest BCUT2D eigenvalue weighted by molar-refractivity contribution is 0.353. The number of hydrogen-bond acceptors (Lipinski definition) is 3. The molecule has 0 saturated heterocycles. The van der Waals surface area contributed by atoms with Crippen molar-refractivity contribution in [2.75, 3.05) is 14.2 Å². The van der Waals surface area contributed by atoms with Gasteiger partial charge in [0.25, 0.3) is 0 Å². The third-order valence-electron chi connectivity index (χ3n) is 4.71. The first-order valence-corrected chi connectivity index (χ1v) is 7.92. The molecule has 0 bridgehead atoms. The van der Waals surface area contributed by atoms with Crippen molar-refractivity contribution in [3.63, 3.8) is 0 Å². The van der Waals surface area contributed by atoms with Crippen molar-refractivity contribution >= 4 is 23.3 Å². The van der Waals surface area contributed by atoms with Crippen LogP contribution in [0.3, 0.4) is 0 Å². The summed E-state index contributed by atoms with van der Waals surface area (Å²) in [5, 5.41) is 0. The molecule has 1 saturated carbocycles. The van der Waals surface area contributed by atoms with Crippen LogP contribution in [0.2, 0.25) is 0 Å². The largest absolute Gasteiger partial charge is 0.493 e. The summed E-state index contributed by atoms with van der Waals surface area (Å²) in [5.41, 5.74) is 2.10. The molecular formula is C16H22N2O2S. The third kappa shape index (κ3) is 2.44. The molecular weight excluding hydrogens is 284 g/mol. The van der Waals surface area contributed by atoms with Crippen LogP contribution in [0.25, 0.3) is 11.0 Å². The van der Waals surface area contributed by atoms with Gasteiger partial charge in [-0.2, -0.15) is 0 Å². The molecule has 2 aromatic rings. The fraction of sp³-hybridized carbons (Fsp3) is 0.562. The zero-order valence-electron chi connectivity index (χ0n) is 12.8. The Bertz CT molecular complexity index is 698. The highest BCUT2D eigenvalue weighted by atomic mass is 32.1. The zero-order chi connectivity index (χ0) is 15.0. The van der Waals surface area contributed by atoms with Gasteiger partial charge in [0.15, 0.2) is 16.3 Å². The van der Waals surface area contributed by atoms with Crippen LogP contribution in [0.1, 0.15) is 38.6 Å². The van der Waals surface area contributed by atoms with E-state index in [9.17, 15) is 0 Å². The molecule has 1 aromatic heterocycles. The summed E-state index contributed by atoms with van der Waals surface area (Å²) in [6, 6.07) is 4.39. The first-order chi connectivity index (χ1) is 10.2. The van der Waals surface area contributed by atoms with E-state index in [1.165, 1.54) is 25.7 Å². The maximum atomic E-state index is 5.55. The zero-order valence-corrected chi connectivity index (χ0v) is 13.6. The molecule has 1 aliphatic rings. The lowest BCUT2D eigenvalue weighted by atomic mass is 9.99. The summed E-state index contributed by atoms with van der Waals surface area (Å²) in [5.74, 6) is 2.18. The SMILES string of the molecule is COc1cc2[nH]c(=S)n(C(C)C3CCCC3)c2cc1OC. The molecule has 0 aliphatic heterocycles. The van der Waals surface area contributed by atoms with Crippen molar-refractivity contribution in [2.45, 2.75) is 38.6 Å². The van der Waals surface area contributed by atoms with Crippen LogP contribution in [0.4, 0.5) is 0 Å². The lowest BCUT2D eigenvalue weighted by Gasteiger charge is -2.21. The molecule has 1 fully saturated rings. The van der Waals surface area contributed by atoms with E-state index in [-0.39, 0.29) is 0 Å². The van der Waals surface area contributed by atoms with Gasteiger partial charge in [-0.3, -0.25) is 0 Å². The van der Waals surface area contributed by atoms with Gasteiger partial charge < -0.3 is 19.0 Å². The molecule has 1 atom stereocenters. The van der Waals surface area contributed by atoms with Crippen molar-refractivity contribution in [3.8, 4) is 11.5 Å². The molecule has 4 nitrogen and oxygen atoms in total. The number of H-pyrrole nitrogens is 1. The second-order valence-electron chi connectivity index (χ2n) is 5.81. The fourth-order valence-corrected chi connectivity index (χ4v) is 3.88. The summed E-state index contributed by atoms with van der Waals surface area (Å²) < 4.78 is 13.8. The summed E-state index contributed by atoms with van der Waals surface area (Å²) >= 11 is 5.55. The van der Waals surface area contributed by atoms with Gasteiger partial charge in [-0.25, -0.2) is 0 Å². The summed E-state index contributed by atoms with van der Waals surface area (Å²) in [6.07, 6.45) is 5.26. The molecule has 1 heterocycles. The average Bonchev–Trinajstić information content (AvgIpc) is 3.11. The number of hydrogen-bond donors (Lipinski definition) is 1. The van der Waals surface area contributed by atoms with E-state index in [0.29, 0.717) is 12.0 Å². The minimum absolute atomic E-state index is 0.409. The van der Waals surface area contributed by atoms with Crippen molar-refractivity contribution in [3.05, 3.63) is 16.9 Å². The van der Waals surface area contributed by atoms with Gasteiger partial charge in [-0.15, -0.1) is 0 Å². The first-order valence-electron chi connectivity index (χ1n) is 7.52. The van der Waals surface area contributed by atoms with E-state index in [4.69, 9.17) is 21.7 Å². The van der Waals surface area contributed by atoms with Gasteiger partial charge in [0, 0.05) is 18.2 Å². The summed E-state index contributed by atoms with van der Waals surface area (Å²) in [6.45, 7) is 2.27. The molecule has 3 rings (SSSR count). The fourth-order valence-electron chi connectivity index (χ4n) is 3.51. The average molecular weight is 306 g/mol. The van der Waals surface area contributed by atoms with Crippen molar-refractivity contribution in [2.24, 2.45) is 5.92 Å². The van der Waals surface area contributed by atoms with Gasteiger partial charge in [-0.1, -0.05) is 12.8 Å². The maximum Gasteiger partial charge on any atom is 0.178 e. The van der Waals surface area contributed by atoms with Crippen LogP contribution >= 0.6 is 12.2 Å². The van der Waals surface area contributed by atoms with Crippen LogP contribution in [0.15, 0.2) is 12.1 Å². The smallest absolute Gasteiger partial charge is 0.178 e. The number of nitrogens with one attached hydrogen (secondary N) is 1. The molecule has 1 unspecified atom stereocenters. The van der Waals surface area contributed by atoms with Gasteiger partial charge in [-0.05, 0) is 37.9 Å². The van der Waals surface area contributed by atoms with Crippen LogP contribution in [-0.2, 0) is 0 Å². The Morgan fingerprint density at radius 2 is 1.81 bits per heavy atom. The van der Waals surface area contributed by atoms with Gasteiger partial charge >= 0.3 is 0 Å². The minimum Gasteiger partial charge on any atom is -0.493 e. The summed E-state index contributed by atoms with van der Waals surface area (Å²) in [7, 11) is 3.31. The predicted octanol–water partition coefficient (Wildman–Crippen LogP) is 4.47. The molecule has 114 valence electrons. The van der Waals surface area contributed by atoms with Gasteiger partial charge in [0.2, 0.25) is 0 Å². The van der Waals surface area contributed by atoms with Crippen LogP contribution in [-0.4, -0.2) is 23.8 Å². The Kier molecular flexibility index (Phi) is 3.93. The Hall–Kier alpha value is -1.49. The molecule has 0 radical (unpaired) electrons. The van der Waals surface area contributed by atoms with E-state index in [2.05, 4.69) is 16.5 Å². The molecule has 1 aliphatic carbocycles. The number of aromatic nitrogens is 2. The Labute approximate surface area is 130 Å². The summed E-state index contributed by atoms with van der Waals surface area (Å²) in [4.78, 5) is 3.30. The first kappa shape index (κ1) is 14.4. The van der Waals surface area contributed by atoms with E-state index >= 15 is 0 Å². The second kappa shape index (κ2) is 5.72. The number of methoxy groups -OCH3 is 2. The van der Waals surface area contributed by atoms with Crippen LogP contribution in [0, 0.1) is 10.7 Å². The number of rotatable bonds is 4. The van der Waals surface area contributed by atoms with Gasteiger partial charge in [0.05, 0.1) is 25.3 Å². The molecule has 21 heavy (non-hydrogen) atoms. The molecule has 5 heteroatoms. The number of imidazole rings is 1. The predicted molar refractivity (Wildman–Crippen MR) is 86.9 cm³/mol. The number of aromatic amines is 1. The Morgan fingerprint density at radius 3 is 2.43 bits per heavy atom. The van der Waals surface area contributed by atoms with E-state index in [1.54, 1.807) is 14.2 Å².